The number of aliphatic hydroxyl groups is 1. The van der Waals surface area contributed by atoms with Gasteiger partial charge in [-0.2, -0.15) is 5.10 Å². The number of aliphatic hydroxyl groups excluding tert-OH is 1. The van der Waals surface area contributed by atoms with Crippen molar-refractivity contribution in [3.05, 3.63) is 137 Å². The molecule has 4 aromatic carbocycles. The number of carbonyl (C=O) groups is 2. The summed E-state index contributed by atoms with van der Waals surface area (Å²) in [7, 11) is 1.31. The number of ether oxygens (including phenoxy) is 3. The Bertz CT molecular complexity index is 1880. The molecule has 4 N–H and O–H groups in total. The molecule has 0 saturated carbocycles. The monoisotopic (exact) mass is 707 g/mol. The average molecular weight is 708 g/mol. The summed E-state index contributed by atoms with van der Waals surface area (Å²) < 4.78 is 18.2. The average Bonchev–Trinajstić information content (AvgIpc) is 3.71. The highest BCUT2D eigenvalue weighted by Gasteiger charge is 2.38. The van der Waals surface area contributed by atoms with Gasteiger partial charge in [0, 0.05) is 30.2 Å². The van der Waals surface area contributed by atoms with Crippen LogP contribution in [0.4, 0.5) is 4.79 Å². The number of esters is 1. The number of rotatable bonds is 13. The van der Waals surface area contributed by atoms with Crippen LogP contribution in [0.3, 0.4) is 0 Å². The van der Waals surface area contributed by atoms with Crippen LogP contribution in [0.1, 0.15) is 47.1 Å². The predicted octanol–water partition coefficient (Wildman–Crippen LogP) is 6.13. The number of nitrogens with zero attached hydrogens (tertiary/aromatic N) is 2. The van der Waals surface area contributed by atoms with E-state index in [0.29, 0.717) is 12.2 Å². The fraction of sp³-hybridized carbons (Fsp3) is 0.282. The van der Waals surface area contributed by atoms with Gasteiger partial charge in [-0.15, -0.1) is 0 Å². The van der Waals surface area contributed by atoms with Crippen LogP contribution < -0.4 is 10.6 Å². The number of carbonyl (C=O) groups excluding carboxylic acids is 2. The maximum Gasteiger partial charge on any atom is 0.328 e. The van der Waals surface area contributed by atoms with Crippen molar-refractivity contribution in [3.63, 3.8) is 0 Å². The number of aromatic amines is 1. The minimum absolute atomic E-state index is 0.0224. The smallest absolute Gasteiger partial charge is 0.328 e. The number of urea groups is 1. The van der Waals surface area contributed by atoms with Gasteiger partial charge in [0.05, 0.1) is 25.9 Å². The zero-order valence-corrected chi connectivity index (χ0v) is 29.2. The van der Waals surface area contributed by atoms with Crippen molar-refractivity contribution in [2.75, 3.05) is 12.9 Å². The van der Waals surface area contributed by atoms with E-state index in [1.807, 2.05) is 97.1 Å². The van der Waals surface area contributed by atoms with Crippen LogP contribution in [0.25, 0.3) is 11.1 Å². The van der Waals surface area contributed by atoms with Crippen molar-refractivity contribution in [1.29, 1.82) is 0 Å². The Hall–Kier alpha value is -5.01. The number of H-pyrrole nitrogens is 1. The lowest BCUT2D eigenvalue weighted by Crippen LogP contribution is -2.47. The van der Waals surface area contributed by atoms with Crippen molar-refractivity contribution in [3.8, 4) is 11.1 Å². The van der Waals surface area contributed by atoms with Crippen molar-refractivity contribution >= 4 is 23.8 Å². The third-order valence-corrected chi connectivity index (χ3v) is 9.81. The Morgan fingerprint density at radius 1 is 0.902 bits per heavy atom. The number of hydrogen-bond donors (Lipinski definition) is 4. The number of nitrogens with one attached hydrogen (secondary N) is 3. The Labute approximate surface area is 301 Å². The summed E-state index contributed by atoms with van der Waals surface area (Å²) in [5, 5.41) is 22.8. The van der Waals surface area contributed by atoms with E-state index in [4.69, 9.17) is 14.2 Å². The van der Waals surface area contributed by atoms with E-state index in [9.17, 15) is 14.7 Å². The van der Waals surface area contributed by atoms with E-state index in [-0.39, 0.29) is 31.3 Å². The summed E-state index contributed by atoms with van der Waals surface area (Å²) in [6, 6.07) is 32.0. The molecule has 0 bridgehead atoms. The second-order valence-electron chi connectivity index (χ2n) is 12.3. The number of benzene rings is 4. The standard InChI is InChI=1S/C39H41N5O6S/c1-25-34(23-51-39-41-24-42-44-39)49-37(50-35(25)29-16-14-27(22-45)15-17-29)32-13-7-12-31(20-32)30-11-6-10-28(18-30)21-40-38(47)43-33(36(46)48-2)19-26-8-4-3-5-9-26/h3-18,20,24-25,33-35,37,45H,19,21-23H2,1-2H3,(H2,40,43,47)(H,41,42,44). The van der Waals surface area contributed by atoms with Crippen LogP contribution >= 0.6 is 11.8 Å². The van der Waals surface area contributed by atoms with Crippen molar-refractivity contribution < 1.29 is 28.9 Å². The van der Waals surface area contributed by atoms with Gasteiger partial charge >= 0.3 is 12.0 Å². The molecule has 1 aliphatic heterocycles. The summed E-state index contributed by atoms with van der Waals surface area (Å²) in [6.45, 7) is 2.36. The van der Waals surface area contributed by atoms with Crippen LogP contribution in [0.2, 0.25) is 0 Å². The highest BCUT2D eigenvalue weighted by molar-refractivity contribution is 7.99. The van der Waals surface area contributed by atoms with Crippen LogP contribution in [0.5, 0.6) is 0 Å². The molecular formula is C39H41N5O6S. The van der Waals surface area contributed by atoms with Gasteiger partial charge < -0.3 is 30.0 Å². The van der Waals surface area contributed by atoms with Gasteiger partial charge in [0.15, 0.2) is 11.4 Å². The first-order chi connectivity index (χ1) is 24.9. The summed E-state index contributed by atoms with van der Waals surface area (Å²) in [6.07, 6.45) is 0.780. The Kier molecular flexibility index (Phi) is 12.1. The van der Waals surface area contributed by atoms with E-state index < -0.39 is 24.3 Å². The van der Waals surface area contributed by atoms with E-state index in [0.717, 1.165) is 44.1 Å². The molecule has 0 radical (unpaired) electrons. The zero-order chi connectivity index (χ0) is 35.6. The molecule has 0 spiro atoms. The number of methoxy groups -OCH3 is 1. The van der Waals surface area contributed by atoms with E-state index in [2.05, 4.69) is 38.8 Å². The predicted molar refractivity (Wildman–Crippen MR) is 193 cm³/mol. The SMILES string of the molecule is COC(=O)C(Cc1ccccc1)NC(=O)NCc1cccc(-c2cccc(C3OC(CSc4ncn[nH]4)C(C)C(c4ccc(CO)cc4)O3)c2)c1. The first kappa shape index (κ1) is 35.8. The van der Waals surface area contributed by atoms with Crippen LogP contribution in [-0.4, -0.2) is 57.3 Å². The molecule has 1 saturated heterocycles. The molecule has 1 aliphatic rings. The first-order valence-corrected chi connectivity index (χ1v) is 17.7. The summed E-state index contributed by atoms with van der Waals surface area (Å²) >= 11 is 1.55. The molecule has 5 atom stereocenters. The van der Waals surface area contributed by atoms with Gasteiger partial charge in [-0.1, -0.05) is 110 Å². The lowest BCUT2D eigenvalue weighted by atomic mass is 9.91. The lowest BCUT2D eigenvalue weighted by Gasteiger charge is -2.41. The molecule has 264 valence electrons. The van der Waals surface area contributed by atoms with Gasteiger partial charge in [-0.3, -0.25) is 5.10 Å². The first-order valence-electron chi connectivity index (χ1n) is 16.7. The van der Waals surface area contributed by atoms with Crippen LogP contribution in [0.15, 0.2) is 115 Å². The molecule has 2 heterocycles. The molecule has 51 heavy (non-hydrogen) atoms. The Morgan fingerprint density at radius 3 is 2.37 bits per heavy atom. The van der Waals surface area contributed by atoms with Crippen molar-refractivity contribution in [2.24, 2.45) is 5.92 Å². The normalized spacial score (nSPS) is 19.2. The molecule has 1 fully saturated rings. The maximum atomic E-state index is 12.9. The number of amides is 2. The Balaban J connectivity index is 1.15. The van der Waals surface area contributed by atoms with Gasteiger partial charge in [-0.05, 0) is 45.5 Å². The fourth-order valence-corrected chi connectivity index (χ4v) is 6.98. The minimum Gasteiger partial charge on any atom is -0.467 e. The van der Waals surface area contributed by atoms with Gasteiger partial charge in [0.2, 0.25) is 0 Å². The van der Waals surface area contributed by atoms with Gasteiger partial charge in [0.1, 0.15) is 12.4 Å². The van der Waals surface area contributed by atoms with Gasteiger partial charge in [0.25, 0.3) is 0 Å². The van der Waals surface area contributed by atoms with E-state index in [1.165, 1.54) is 13.4 Å². The topological polar surface area (TPSA) is 148 Å². The van der Waals surface area contributed by atoms with Crippen molar-refractivity contribution in [1.82, 2.24) is 25.8 Å². The van der Waals surface area contributed by atoms with Crippen LogP contribution in [0, 0.1) is 5.92 Å². The molecule has 1 aromatic heterocycles. The summed E-state index contributed by atoms with van der Waals surface area (Å²) in [5.74, 6) is 0.167. The molecule has 12 heteroatoms. The van der Waals surface area contributed by atoms with Gasteiger partial charge in [-0.25, -0.2) is 14.6 Å². The largest absolute Gasteiger partial charge is 0.467 e. The highest BCUT2D eigenvalue weighted by Crippen LogP contribution is 2.43. The molecular weight excluding hydrogens is 667 g/mol. The number of thioether (sulfide) groups is 1. The van der Waals surface area contributed by atoms with Crippen molar-refractivity contribution in [2.45, 2.75) is 56.2 Å². The fourth-order valence-electron chi connectivity index (χ4n) is 6.04. The van der Waals surface area contributed by atoms with E-state index in [1.54, 1.807) is 11.8 Å². The minimum atomic E-state index is -0.821. The quantitative estimate of drug-likeness (QED) is 0.0838. The molecule has 5 aromatic rings. The summed E-state index contributed by atoms with van der Waals surface area (Å²) in [5.41, 5.74) is 6.46. The molecule has 0 aliphatic carbocycles. The molecule has 6 rings (SSSR count). The molecule has 11 nitrogen and oxygen atoms in total. The lowest BCUT2D eigenvalue weighted by molar-refractivity contribution is -0.268. The molecule has 2 amide bonds. The second-order valence-corrected chi connectivity index (χ2v) is 13.4. The summed E-state index contributed by atoms with van der Waals surface area (Å²) in [4.78, 5) is 29.5. The maximum absolute atomic E-state index is 12.9. The molecule has 5 unspecified atom stereocenters. The van der Waals surface area contributed by atoms with E-state index >= 15 is 0 Å². The zero-order valence-electron chi connectivity index (χ0n) is 28.4. The third kappa shape index (κ3) is 9.41. The highest BCUT2D eigenvalue weighted by atomic mass is 32.2. The van der Waals surface area contributed by atoms with Crippen LogP contribution in [-0.2, 0) is 38.6 Å². The Morgan fingerprint density at radius 2 is 1.65 bits per heavy atom. The second kappa shape index (κ2) is 17.3. The number of aromatic nitrogens is 3. The third-order valence-electron chi connectivity index (χ3n) is 8.85. The number of hydrogen-bond acceptors (Lipinski definition) is 9.